The van der Waals surface area contributed by atoms with Gasteiger partial charge in [0.2, 0.25) is 11.6 Å². The Kier molecular flexibility index (Phi) is 5.49. The summed E-state index contributed by atoms with van der Waals surface area (Å²) in [5, 5.41) is 0. The molecular formula is C16H18O2S2. The molecular weight excluding hydrogens is 288 g/mol. The molecule has 0 saturated heterocycles. The number of allylic oxidation sites excluding steroid dienone is 2. The number of carbonyl (C=O) groups excluding carboxylic acids is 2. The van der Waals surface area contributed by atoms with Gasteiger partial charge in [-0.2, -0.15) is 0 Å². The number of rotatable bonds is 6. The minimum Gasteiger partial charge on any atom is -0.288 e. The molecule has 0 unspecified atom stereocenters. The molecule has 4 heteroatoms. The molecule has 0 fully saturated rings. The zero-order valence-corrected chi connectivity index (χ0v) is 13.4. The Morgan fingerprint density at radius 2 is 1.20 bits per heavy atom. The van der Waals surface area contributed by atoms with Gasteiger partial charge in [0.25, 0.3) is 0 Å². The molecule has 0 N–H and O–H groups in total. The molecule has 0 heterocycles. The van der Waals surface area contributed by atoms with Crippen molar-refractivity contribution in [1.82, 2.24) is 0 Å². The van der Waals surface area contributed by atoms with Gasteiger partial charge in [-0.3, -0.25) is 9.59 Å². The standard InChI is InChI=1S/C16H18O2S2/c1-3-9-19-15-13(17)11-7-5-6-8-12(11)14(18)16(15)20-10-4-2/h5-8H,3-4,9-10H2,1-2H3. The van der Waals surface area contributed by atoms with Crippen molar-refractivity contribution in [2.45, 2.75) is 26.7 Å². The van der Waals surface area contributed by atoms with Crippen LogP contribution in [-0.4, -0.2) is 23.1 Å². The van der Waals surface area contributed by atoms with Gasteiger partial charge in [-0.25, -0.2) is 0 Å². The summed E-state index contributed by atoms with van der Waals surface area (Å²) < 4.78 is 0. The number of hydrogen-bond donors (Lipinski definition) is 0. The van der Waals surface area contributed by atoms with E-state index in [0.29, 0.717) is 20.9 Å². The molecule has 0 bridgehead atoms. The minimum absolute atomic E-state index is 0.0113. The van der Waals surface area contributed by atoms with E-state index in [1.165, 1.54) is 23.5 Å². The highest BCUT2D eigenvalue weighted by molar-refractivity contribution is 8.08. The Bertz CT molecular complexity index is 512. The molecule has 1 aliphatic rings. The fourth-order valence-corrected chi connectivity index (χ4v) is 4.10. The lowest BCUT2D eigenvalue weighted by molar-refractivity contribution is 0.0988. The molecule has 0 saturated carbocycles. The van der Waals surface area contributed by atoms with Crippen molar-refractivity contribution in [2.75, 3.05) is 11.5 Å². The molecule has 0 radical (unpaired) electrons. The first-order chi connectivity index (χ1) is 9.70. The Morgan fingerprint density at radius 3 is 1.55 bits per heavy atom. The molecule has 2 nitrogen and oxygen atoms in total. The largest absolute Gasteiger partial charge is 0.288 e. The zero-order chi connectivity index (χ0) is 14.5. The lowest BCUT2D eigenvalue weighted by atomic mass is 9.94. The molecule has 0 amide bonds. The van der Waals surface area contributed by atoms with Crippen molar-refractivity contribution in [1.29, 1.82) is 0 Å². The van der Waals surface area contributed by atoms with Crippen LogP contribution in [0.15, 0.2) is 34.1 Å². The van der Waals surface area contributed by atoms with Crippen molar-refractivity contribution in [3.8, 4) is 0 Å². The van der Waals surface area contributed by atoms with E-state index in [2.05, 4.69) is 13.8 Å². The second-order valence-corrected chi connectivity index (χ2v) is 6.77. The quantitative estimate of drug-likeness (QED) is 0.771. The van der Waals surface area contributed by atoms with Crippen LogP contribution in [-0.2, 0) is 0 Å². The number of ketones is 2. The van der Waals surface area contributed by atoms with Gasteiger partial charge in [-0.05, 0) is 24.3 Å². The third kappa shape index (κ3) is 3.01. The molecule has 20 heavy (non-hydrogen) atoms. The molecule has 2 rings (SSSR count). The number of fused-ring (bicyclic) bond motifs is 1. The van der Waals surface area contributed by atoms with Gasteiger partial charge >= 0.3 is 0 Å². The Labute approximate surface area is 128 Å². The smallest absolute Gasteiger partial charge is 0.201 e. The maximum absolute atomic E-state index is 12.6. The van der Waals surface area contributed by atoms with Crippen LogP contribution >= 0.6 is 23.5 Å². The summed E-state index contributed by atoms with van der Waals surface area (Å²) in [4.78, 5) is 26.5. The SMILES string of the molecule is CCCSC1=C(SCCC)C(=O)c2ccccc2C1=O. The average Bonchev–Trinajstić information content (AvgIpc) is 2.48. The van der Waals surface area contributed by atoms with Crippen molar-refractivity contribution in [2.24, 2.45) is 0 Å². The average molecular weight is 306 g/mol. The van der Waals surface area contributed by atoms with Gasteiger partial charge in [0.05, 0.1) is 9.81 Å². The van der Waals surface area contributed by atoms with Gasteiger partial charge in [0.15, 0.2) is 0 Å². The fraction of sp³-hybridized carbons (Fsp3) is 0.375. The first-order valence-corrected chi connectivity index (χ1v) is 8.86. The van der Waals surface area contributed by atoms with E-state index in [1.807, 2.05) is 12.1 Å². The molecule has 0 spiro atoms. The van der Waals surface area contributed by atoms with Crippen LogP contribution in [0.1, 0.15) is 47.4 Å². The van der Waals surface area contributed by atoms with Gasteiger partial charge in [-0.15, -0.1) is 23.5 Å². The van der Waals surface area contributed by atoms with Crippen molar-refractivity contribution >= 4 is 35.1 Å². The van der Waals surface area contributed by atoms with E-state index in [4.69, 9.17) is 0 Å². The molecule has 1 aliphatic carbocycles. The topological polar surface area (TPSA) is 34.1 Å². The summed E-state index contributed by atoms with van der Waals surface area (Å²) >= 11 is 3.04. The van der Waals surface area contributed by atoms with Crippen LogP contribution in [0, 0.1) is 0 Å². The Hall–Kier alpha value is -1.00. The normalized spacial score (nSPS) is 14.7. The van der Waals surface area contributed by atoms with Crippen LogP contribution in [0.2, 0.25) is 0 Å². The third-order valence-electron chi connectivity index (χ3n) is 2.94. The third-order valence-corrected chi connectivity index (χ3v) is 5.65. The highest BCUT2D eigenvalue weighted by atomic mass is 32.2. The van der Waals surface area contributed by atoms with E-state index in [1.54, 1.807) is 12.1 Å². The van der Waals surface area contributed by atoms with Crippen LogP contribution in [0.5, 0.6) is 0 Å². The maximum Gasteiger partial charge on any atom is 0.201 e. The lowest BCUT2D eigenvalue weighted by Crippen LogP contribution is -2.19. The van der Waals surface area contributed by atoms with Crippen molar-refractivity contribution in [3.63, 3.8) is 0 Å². The summed E-state index contributed by atoms with van der Waals surface area (Å²) in [6, 6.07) is 7.14. The number of benzene rings is 1. The molecule has 0 atom stereocenters. The fourth-order valence-electron chi connectivity index (χ4n) is 2.00. The van der Waals surface area contributed by atoms with Crippen LogP contribution in [0.25, 0.3) is 0 Å². The second-order valence-electron chi connectivity index (χ2n) is 4.56. The van der Waals surface area contributed by atoms with Crippen LogP contribution in [0.4, 0.5) is 0 Å². The molecule has 1 aromatic carbocycles. The van der Waals surface area contributed by atoms with E-state index in [9.17, 15) is 9.59 Å². The summed E-state index contributed by atoms with van der Waals surface area (Å²) in [6.45, 7) is 4.16. The first kappa shape index (κ1) is 15.4. The second kappa shape index (κ2) is 7.14. The number of Topliss-reactive ketones (excluding diaryl/α,β-unsaturated/α-hetero) is 2. The molecule has 0 aliphatic heterocycles. The van der Waals surface area contributed by atoms with E-state index in [-0.39, 0.29) is 11.6 Å². The first-order valence-electron chi connectivity index (χ1n) is 6.89. The minimum atomic E-state index is 0.0113. The van der Waals surface area contributed by atoms with Crippen molar-refractivity contribution in [3.05, 3.63) is 45.2 Å². The van der Waals surface area contributed by atoms with Crippen LogP contribution in [0.3, 0.4) is 0 Å². The Balaban J connectivity index is 2.44. The molecule has 0 aromatic heterocycles. The van der Waals surface area contributed by atoms with E-state index >= 15 is 0 Å². The molecule has 106 valence electrons. The predicted octanol–water partition coefficient (Wildman–Crippen LogP) is 4.56. The van der Waals surface area contributed by atoms with E-state index in [0.717, 1.165) is 24.3 Å². The highest BCUT2D eigenvalue weighted by Crippen LogP contribution is 2.38. The van der Waals surface area contributed by atoms with E-state index < -0.39 is 0 Å². The Morgan fingerprint density at radius 1 is 0.800 bits per heavy atom. The summed E-state index contributed by atoms with van der Waals surface area (Å²) in [5.41, 5.74) is 1.11. The summed E-state index contributed by atoms with van der Waals surface area (Å²) in [7, 11) is 0. The maximum atomic E-state index is 12.6. The number of carbonyl (C=O) groups is 2. The van der Waals surface area contributed by atoms with Crippen LogP contribution < -0.4 is 0 Å². The lowest BCUT2D eigenvalue weighted by Gasteiger charge is -2.20. The summed E-state index contributed by atoms with van der Waals surface area (Å²) in [6.07, 6.45) is 1.98. The van der Waals surface area contributed by atoms with Gasteiger partial charge in [0, 0.05) is 11.1 Å². The van der Waals surface area contributed by atoms with Gasteiger partial charge in [0.1, 0.15) is 0 Å². The summed E-state index contributed by atoms with van der Waals surface area (Å²) in [5.74, 6) is 1.76. The molecule has 1 aromatic rings. The zero-order valence-electron chi connectivity index (χ0n) is 11.8. The van der Waals surface area contributed by atoms with Crippen molar-refractivity contribution < 1.29 is 9.59 Å². The number of thioether (sulfide) groups is 2. The highest BCUT2D eigenvalue weighted by Gasteiger charge is 2.32. The van der Waals surface area contributed by atoms with Gasteiger partial charge < -0.3 is 0 Å². The monoisotopic (exact) mass is 306 g/mol. The number of hydrogen-bond acceptors (Lipinski definition) is 4. The van der Waals surface area contributed by atoms with Gasteiger partial charge in [-0.1, -0.05) is 38.1 Å². The predicted molar refractivity (Wildman–Crippen MR) is 87.6 cm³/mol.